The average Bonchev–Trinajstić information content (AvgIpc) is 3.19. The highest BCUT2D eigenvalue weighted by molar-refractivity contribution is 7.88. The minimum atomic E-state index is -3.23. The van der Waals surface area contributed by atoms with Gasteiger partial charge in [0, 0.05) is 50.6 Å². The Morgan fingerprint density at radius 3 is 2.54 bits per heavy atom. The van der Waals surface area contributed by atoms with Gasteiger partial charge in [-0.3, -0.25) is 4.79 Å². The van der Waals surface area contributed by atoms with Gasteiger partial charge in [0.05, 0.1) is 30.4 Å². The van der Waals surface area contributed by atoms with Gasteiger partial charge in [-0.05, 0) is 58.3 Å². The first kappa shape index (κ1) is 30.5. The van der Waals surface area contributed by atoms with Crippen molar-refractivity contribution in [3.05, 3.63) is 37.1 Å². The van der Waals surface area contributed by atoms with Crippen molar-refractivity contribution in [1.29, 1.82) is 0 Å². The van der Waals surface area contributed by atoms with Crippen molar-refractivity contribution >= 4 is 38.9 Å². The van der Waals surface area contributed by atoms with Gasteiger partial charge in [-0.1, -0.05) is 6.58 Å². The number of aromatic nitrogens is 2. The van der Waals surface area contributed by atoms with E-state index >= 15 is 0 Å². The molecular formula is C28H41N7O5S. The molecule has 0 saturated carbocycles. The second kappa shape index (κ2) is 13.5. The average molecular weight is 588 g/mol. The second-order valence-corrected chi connectivity index (χ2v) is 12.6. The molecule has 1 unspecified atom stereocenters. The van der Waals surface area contributed by atoms with Crippen LogP contribution in [-0.2, 0) is 14.8 Å². The zero-order valence-electron chi connectivity index (χ0n) is 24.3. The van der Waals surface area contributed by atoms with Gasteiger partial charge in [0.1, 0.15) is 11.9 Å². The van der Waals surface area contributed by atoms with Crippen LogP contribution in [0.5, 0.6) is 11.6 Å². The van der Waals surface area contributed by atoms with Crippen LogP contribution in [0.15, 0.2) is 37.1 Å². The van der Waals surface area contributed by atoms with Gasteiger partial charge in [0.15, 0.2) is 0 Å². The molecule has 12 nitrogen and oxygen atoms in total. The maximum absolute atomic E-state index is 12.3. The lowest BCUT2D eigenvalue weighted by molar-refractivity contribution is -0.111. The number of piperidine rings is 1. The van der Waals surface area contributed by atoms with Gasteiger partial charge in [0.25, 0.3) is 0 Å². The third-order valence-electron chi connectivity index (χ3n) is 7.56. The van der Waals surface area contributed by atoms with Crippen LogP contribution in [0.1, 0.15) is 32.1 Å². The van der Waals surface area contributed by atoms with E-state index in [1.54, 1.807) is 19.4 Å². The zero-order valence-corrected chi connectivity index (χ0v) is 25.1. The Morgan fingerprint density at radius 1 is 1.12 bits per heavy atom. The fourth-order valence-corrected chi connectivity index (χ4v) is 6.15. The topological polar surface area (TPSA) is 129 Å². The molecule has 0 aliphatic carbocycles. The minimum absolute atomic E-state index is 0.157. The van der Waals surface area contributed by atoms with E-state index in [1.807, 2.05) is 12.1 Å². The van der Waals surface area contributed by atoms with E-state index in [4.69, 9.17) is 9.47 Å². The molecule has 0 bridgehead atoms. The lowest BCUT2D eigenvalue weighted by atomic mass is 10.0. The number of nitrogens with zero attached hydrogens (tertiary/aromatic N) is 5. The Morgan fingerprint density at radius 2 is 1.88 bits per heavy atom. The quantitative estimate of drug-likeness (QED) is 0.400. The third-order valence-corrected chi connectivity index (χ3v) is 8.87. The summed E-state index contributed by atoms with van der Waals surface area (Å²) in [5, 5.41) is 6.14. The molecule has 1 aromatic heterocycles. The Hall–Kier alpha value is -3.42. The van der Waals surface area contributed by atoms with Gasteiger partial charge >= 0.3 is 0 Å². The zero-order chi connectivity index (χ0) is 29.6. The summed E-state index contributed by atoms with van der Waals surface area (Å²) in [6.45, 7) is 6.19. The van der Waals surface area contributed by atoms with E-state index in [2.05, 4.69) is 51.1 Å². The molecule has 224 valence electrons. The molecule has 2 saturated heterocycles. The van der Waals surface area contributed by atoms with Crippen LogP contribution in [-0.4, -0.2) is 99.3 Å². The van der Waals surface area contributed by atoms with Crippen molar-refractivity contribution in [2.45, 2.75) is 44.2 Å². The van der Waals surface area contributed by atoms with Crippen molar-refractivity contribution < 1.29 is 22.7 Å². The standard InChI is InChI=1S/C28H41N7O5S/c1-6-26(36)30-22-18-23(25(39-4)19-24(22)34-15-10-20(11-16-34)33(2)3)31-28-29-13-9-27(32-28)40-21-8-7-14-35(17-12-21)41(5,37)38/h6,9,13,18-21H,1,7-8,10-12,14-17H2,2-5H3,(H,30,36)(H,29,31,32). The molecule has 0 spiro atoms. The number of hydrogen-bond donors (Lipinski definition) is 2. The normalized spacial score (nSPS) is 19.0. The van der Waals surface area contributed by atoms with E-state index in [-0.39, 0.29) is 12.0 Å². The SMILES string of the molecule is C=CC(=O)Nc1cc(Nc2nccc(OC3CCCN(S(C)(=O)=O)CC3)n2)c(OC)cc1N1CCC(N(C)C)CC1. The fraction of sp³-hybridized carbons (Fsp3) is 0.536. The first-order valence-electron chi connectivity index (χ1n) is 13.9. The first-order chi connectivity index (χ1) is 19.6. The molecule has 1 atom stereocenters. The Labute approximate surface area is 242 Å². The molecule has 1 aromatic carbocycles. The Balaban J connectivity index is 1.53. The molecular weight excluding hydrogens is 546 g/mol. The summed E-state index contributed by atoms with van der Waals surface area (Å²) in [6, 6.07) is 5.92. The predicted octanol–water partition coefficient (Wildman–Crippen LogP) is 3.08. The lowest BCUT2D eigenvalue weighted by Gasteiger charge is -2.37. The highest BCUT2D eigenvalue weighted by Crippen LogP contribution is 2.39. The number of amides is 1. The maximum Gasteiger partial charge on any atom is 0.247 e. The number of nitrogens with one attached hydrogen (secondary N) is 2. The third kappa shape index (κ3) is 8.08. The van der Waals surface area contributed by atoms with Crippen LogP contribution in [0.25, 0.3) is 0 Å². The molecule has 2 aliphatic rings. The number of carbonyl (C=O) groups excluding carboxylic acids is 1. The molecule has 1 amide bonds. The van der Waals surface area contributed by atoms with Crippen LogP contribution in [0, 0.1) is 0 Å². The van der Waals surface area contributed by atoms with Crippen molar-refractivity contribution in [3.8, 4) is 11.6 Å². The molecule has 4 rings (SSSR count). The number of rotatable bonds is 10. The van der Waals surface area contributed by atoms with Crippen molar-refractivity contribution in [2.75, 3.05) is 69.2 Å². The van der Waals surface area contributed by atoms with Crippen LogP contribution < -0.4 is 25.0 Å². The Kier molecular flexibility index (Phi) is 10.1. The van der Waals surface area contributed by atoms with Gasteiger partial charge < -0.3 is 29.9 Å². The smallest absolute Gasteiger partial charge is 0.247 e. The molecule has 0 radical (unpaired) electrons. The Bertz CT molecular complexity index is 1330. The van der Waals surface area contributed by atoms with E-state index < -0.39 is 10.0 Å². The molecule has 41 heavy (non-hydrogen) atoms. The summed E-state index contributed by atoms with van der Waals surface area (Å²) in [5.74, 6) is 0.952. The number of hydrogen-bond acceptors (Lipinski definition) is 10. The van der Waals surface area contributed by atoms with E-state index in [0.29, 0.717) is 60.9 Å². The van der Waals surface area contributed by atoms with Crippen LogP contribution in [0.3, 0.4) is 0 Å². The van der Waals surface area contributed by atoms with Gasteiger partial charge in [-0.25, -0.2) is 17.7 Å². The predicted molar refractivity (Wildman–Crippen MR) is 161 cm³/mol. The molecule has 2 aliphatic heterocycles. The summed E-state index contributed by atoms with van der Waals surface area (Å²) < 4.78 is 37.2. The lowest BCUT2D eigenvalue weighted by Crippen LogP contribution is -2.42. The molecule has 2 fully saturated rings. The number of benzene rings is 1. The minimum Gasteiger partial charge on any atom is -0.494 e. The summed E-state index contributed by atoms with van der Waals surface area (Å²) in [6.07, 6.45) is 7.96. The largest absolute Gasteiger partial charge is 0.494 e. The maximum atomic E-state index is 12.3. The molecule has 2 aromatic rings. The van der Waals surface area contributed by atoms with Crippen molar-refractivity contribution in [2.24, 2.45) is 0 Å². The number of sulfonamides is 1. The summed E-state index contributed by atoms with van der Waals surface area (Å²) in [5.41, 5.74) is 2.08. The highest BCUT2D eigenvalue weighted by atomic mass is 32.2. The fourth-order valence-electron chi connectivity index (χ4n) is 5.25. The van der Waals surface area contributed by atoms with Crippen LogP contribution in [0.2, 0.25) is 0 Å². The molecule has 13 heteroatoms. The first-order valence-corrected chi connectivity index (χ1v) is 15.7. The monoisotopic (exact) mass is 587 g/mol. The molecule has 2 N–H and O–H groups in total. The summed E-state index contributed by atoms with van der Waals surface area (Å²) in [7, 11) is 2.57. The molecule has 3 heterocycles. The summed E-state index contributed by atoms with van der Waals surface area (Å²) >= 11 is 0. The van der Waals surface area contributed by atoms with Gasteiger partial charge in [0.2, 0.25) is 27.8 Å². The van der Waals surface area contributed by atoms with Crippen LogP contribution in [0.4, 0.5) is 23.0 Å². The van der Waals surface area contributed by atoms with Gasteiger partial charge in [-0.2, -0.15) is 4.98 Å². The van der Waals surface area contributed by atoms with Crippen LogP contribution >= 0.6 is 0 Å². The number of methoxy groups -OCH3 is 1. The van der Waals surface area contributed by atoms with E-state index in [1.165, 1.54) is 16.6 Å². The van der Waals surface area contributed by atoms with Gasteiger partial charge in [-0.15, -0.1) is 0 Å². The van der Waals surface area contributed by atoms with E-state index in [0.717, 1.165) is 38.0 Å². The second-order valence-electron chi connectivity index (χ2n) is 10.6. The number of anilines is 4. The van der Waals surface area contributed by atoms with Crippen molar-refractivity contribution in [1.82, 2.24) is 19.2 Å². The van der Waals surface area contributed by atoms with E-state index in [9.17, 15) is 13.2 Å². The van der Waals surface area contributed by atoms with Crippen molar-refractivity contribution in [3.63, 3.8) is 0 Å². The summed E-state index contributed by atoms with van der Waals surface area (Å²) in [4.78, 5) is 25.7. The number of carbonyl (C=O) groups is 1. The number of ether oxygens (including phenoxy) is 2. The highest BCUT2D eigenvalue weighted by Gasteiger charge is 2.26.